The van der Waals surface area contributed by atoms with Gasteiger partial charge < -0.3 is 15.4 Å². The molecule has 0 bridgehead atoms. The highest BCUT2D eigenvalue weighted by Gasteiger charge is 2.25. The topological polar surface area (TPSA) is 55.6 Å². The summed E-state index contributed by atoms with van der Waals surface area (Å²) in [5.74, 6) is 1.67. The summed E-state index contributed by atoms with van der Waals surface area (Å²) < 4.78 is 5.16. The third-order valence-corrected chi connectivity index (χ3v) is 4.74. The zero-order chi connectivity index (χ0) is 13.8. The summed E-state index contributed by atoms with van der Waals surface area (Å²) in [6, 6.07) is 5.22. The number of carbonyl (C=O) groups is 1. The Labute approximate surface area is 118 Å². The Kier molecular flexibility index (Phi) is 4.58. The minimum Gasteiger partial charge on any atom is -0.497 e. The average Bonchev–Trinajstić information content (AvgIpc) is 2.47. The van der Waals surface area contributed by atoms with Crippen LogP contribution < -0.4 is 10.5 Å². The first kappa shape index (κ1) is 14.1. The van der Waals surface area contributed by atoms with Crippen molar-refractivity contribution in [3.8, 4) is 5.75 Å². The van der Waals surface area contributed by atoms with Gasteiger partial charge in [0.05, 0.1) is 12.7 Å². The quantitative estimate of drug-likeness (QED) is 0.863. The molecule has 1 aromatic carbocycles. The molecular weight excluding hydrogens is 260 g/mol. The molecule has 0 aliphatic carbocycles. The molecule has 0 spiro atoms. The predicted molar refractivity (Wildman–Crippen MR) is 79.8 cm³/mol. The van der Waals surface area contributed by atoms with E-state index in [0.717, 1.165) is 25.3 Å². The van der Waals surface area contributed by atoms with Crippen LogP contribution in [0.5, 0.6) is 5.75 Å². The fraction of sp³-hybridized carbons (Fsp3) is 0.500. The van der Waals surface area contributed by atoms with E-state index in [9.17, 15) is 4.79 Å². The Bertz CT molecular complexity index is 465. The normalized spacial score (nSPS) is 19.3. The molecule has 1 heterocycles. The van der Waals surface area contributed by atoms with Crippen molar-refractivity contribution in [2.75, 3.05) is 31.7 Å². The second-order valence-corrected chi connectivity index (χ2v) is 6.01. The number of rotatable bonds is 3. The molecule has 1 saturated heterocycles. The predicted octanol–water partition coefficient (Wildman–Crippen LogP) is 2.25. The van der Waals surface area contributed by atoms with Crippen LogP contribution >= 0.6 is 11.8 Å². The standard InChI is InChI=1S/C14H20N2O2S/c1-3-11-9-16(6-7-19-11)14(17)12-8-10(18-2)4-5-13(12)15/h4-5,8,11H,3,6-7,9,15H2,1-2H3. The number of hydrogen-bond donors (Lipinski definition) is 1. The zero-order valence-electron chi connectivity index (χ0n) is 11.4. The monoisotopic (exact) mass is 280 g/mol. The van der Waals surface area contributed by atoms with Gasteiger partial charge in [0, 0.05) is 29.8 Å². The molecule has 2 rings (SSSR count). The number of amides is 1. The van der Waals surface area contributed by atoms with Gasteiger partial charge in [-0.05, 0) is 24.6 Å². The Balaban J connectivity index is 2.18. The fourth-order valence-electron chi connectivity index (χ4n) is 2.17. The SMILES string of the molecule is CCC1CN(C(=O)c2cc(OC)ccc2N)CCS1. The lowest BCUT2D eigenvalue weighted by molar-refractivity contribution is 0.0761. The van der Waals surface area contributed by atoms with Gasteiger partial charge in [0.2, 0.25) is 0 Å². The average molecular weight is 280 g/mol. The first-order valence-electron chi connectivity index (χ1n) is 6.50. The van der Waals surface area contributed by atoms with Crippen LogP contribution in [0.25, 0.3) is 0 Å². The summed E-state index contributed by atoms with van der Waals surface area (Å²) in [4.78, 5) is 14.4. The van der Waals surface area contributed by atoms with Crippen molar-refractivity contribution in [1.29, 1.82) is 0 Å². The first-order chi connectivity index (χ1) is 9.15. The zero-order valence-corrected chi connectivity index (χ0v) is 12.2. The van der Waals surface area contributed by atoms with Crippen LogP contribution in [0.15, 0.2) is 18.2 Å². The van der Waals surface area contributed by atoms with Crippen molar-refractivity contribution in [2.45, 2.75) is 18.6 Å². The number of hydrogen-bond acceptors (Lipinski definition) is 4. The molecule has 1 aliphatic rings. The number of anilines is 1. The van der Waals surface area contributed by atoms with E-state index in [4.69, 9.17) is 10.5 Å². The van der Waals surface area contributed by atoms with Crippen molar-refractivity contribution in [1.82, 2.24) is 4.90 Å². The van der Waals surface area contributed by atoms with E-state index in [-0.39, 0.29) is 5.91 Å². The highest BCUT2D eigenvalue weighted by atomic mass is 32.2. The van der Waals surface area contributed by atoms with Crippen molar-refractivity contribution < 1.29 is 9.53 Å². The molecule has 0 radical (unpaired) electrons. The van der Waals surface area contributed by atoms with Gasteiger partial charge >= 0.3 is 0 Å². The van der Waals surface area contributed by atoms with E-state index in [1.54, 1.807) is 25.3 Å². The maximum Gasteiger partial charge on any atom is 0.256 e. The lowest BCUT2D eigenvalue weighted by Crippen LogP contribution is -2.42. The maximum absolute atomic E-state index is 12.5. The lowest BCUT2D eigenvalue weighted by atomic mass is 10.1. The molecule has 0 aromatic heterocycles. The molecule has 1 amide bonds. The molecule has 1 atom stereocenters. The number of ether oxygens (including phenoxy) is 1. The van der Waals surface area contributed by atoms with Gasteiger partial charge in [0.25, 0.3) is 5.91 Å². The number of nitrogens with zero attached hydrogens (tertiary/aromatic N) is 1. The molecule has 4 nitrogen and oxygen atoms in total. The lowest BCUT2D eigenvalue weighted by Gasteiger charge is -2.32. The van der Waals surface area contributed by atoms with Gasteiger partial charge in [-0.25, -0.2) is 0 Å². The summed E-state index contributed by atoms with van der Waals surface area (Å²) in [7, 11) is 1.59. The molecule has 104 valence electrons. The van der Waals surface area contributed by atoms with E-state index < -0.39 is 0 Å². The number of benzene rings is 1. The van der Waals surface area contributed by atoms with E-state index in [0.29, 0.717) is 22.3 Å². The molecule has 1 aliphatic heterocycles. The molecule has 1 fully saturated rings. The third kappa shape index (κ3) is 3.15. The molecule has 0 saturated carbocycles. The van der Waals surface area contributed by atoms with E-state index in [1.165, 1.54) is 0 Å². The smallest absolute Gasteiger partial charge is 0.256 e. The number of thioether (sulfide) groups is 1. The fourth-order valence-corrected chi connectivity index (χ4v) is 3.35. The number of carbonyl (C=O) groups excluding carboxylic acids is 1. The molecule has 5 heteroatoms. The molecule has 2 N–H and O–H groups in total. The van der Waals surface area contributed by atoms with Crippen LogP contribution in [0.1, 0.15) is 23.7 Å². The maximum atomic E-state index is 12.5. The van der Waals surface area contributed by atoms with Crippen LogP contribution in [-0.4, -0.2) is 42.0 Å². The Hall–Kier alpha value is -1.36. The number of methoxy groups -OCH3 is 1. The number of nitrogens with two attached hydrogens (primary N) is 1. The Morgan fingerprint density at radius 3 is 3.05 bits per heavy atom. The van der Waals surface area contributed by atoms with Gasteiger partial charge in [-0.2, -0.15) is 11.8 Å². The summed E-state index contributed by atoms with van der Waals surface area (Å²) in [5, 5.41) is 0.532. The van der Waals surface area contributed by atoms with Gasteiger partial charge in [0.15, 0.2) is 0 Å². The van der Waals surface area contributed by atoms with E-state index in [1.807, 2.05) is 16.7 Å². The highest BCUT2D eigenvalue weighted by molar-refractivity contribution is 8.00. The van der Waals surface area contributed by atoms with Crippen LogP contribution in [0.3, 0.4) is 0 Å². The Morgan fingerprint density at radius 1 is 1.58 bits per heavy atom. The van der Waals surface area contributed by atoms with Gasteiger partial charge in [-0.15, -0.1) is 0 Å². The van der Waals surface area contributed by atoms with Crippen molar-refractivity contribution in [3.05, 3.63) is 23.8 Å². The van der Waals surface area contributed by atoms with Gasteiger partial charge in [0.1, 0.15) is 5.75 Å². The van der Waals surface area contributed by atoms with E-state index >= 15 is 0 Å². The number of nitrogen functional groups attached to an aromatic ring is 1. The first-order valence-corrected chi connectivity index (χ1v) is 7.55. The van der Waals surface area contributed by atoms with E-state index in [2.05, 4.69) is 6.92 Å². The van der Waals surface area contributed by atoms with Gasteiger partial charge in [-0.1, -0.05) is 6.92 Å². The highest BCUT2D eigenvalue weighted by Crippen LogP contribution is 2.25. The van der Waals surface area contributed by atoms with Crippen LogP contribution in [0, 0.1) is 0 Å². The second kappa shape index (κ2) is 6.19. The third-order valence-electron chi connectivity index (χ3n) is 3.37. The van der Waals surface area contributed by atoms with Crippen LogP contribution in [-0.2, 0) is 0 Å². The molecule has 1 unspecified atom stereocenters. The largest absolute Gasteiger partial charge is 0.497 e. The van der Waals surface area contributed by atoms with Gasteiger partial charge in [-0.3, -0.25) is 4.79 Å². The summed E-state index contributed by atoms with van der Waals surface area (Å²) >= 11 is 1.94. The second-order valence-electron chi connectivity index (χ2n) is 4.61. The van der Waals surface area contributed by atoms with Crippen LogP contribution in [0.4, 0.5) is 5.69 Å². The van der Waals surface area contributed by atoms with Crippen LogP contribution in [0.2, 0.25) is 0 Å². The van der Waals surface area contributed by atoms with Crippen molar-refractivity contribution in [3.63, 3.8) is 0 Å². The molecule has 1 aromatic rings. The van der Waals surface area contributed by atoms with Crippen molar-refractivity contribution >= 4 is 23.4 Å². The summed E-state index contributed by atoms with van der Waals surface area (Å²) in [5.41, 5.74) is 6.96. The molecular formula is C14H20N2O2S. The minimum atomic E-state index is 0.00940. The van der Waals surface area contributed by atoms with Crippen molar-refractivity contribution in [2.24, 2.45) is 0 Å². The summed E-state index contributed by atoms with van der Waals surface area (Å²) in [6.07, 6.45) is 1.09. The molecule has 19 heavy (non-hydrogen) atoms. The Morgan fingerprint density at radius 2 is 2.37 bits per heavy atom. The summed E-state index contributed by atoms with van der Waals surface area (Å²) in [6.45, 7) is 3.75. The minimum absolute atomic E-state index is 0.00940.